The molecule has 1 aromatic carbocycles. The number of esters is 1. The van der Waals surface area contributed by atoms with Gasteiger partial charge in [0.25, 0.3) is 11.8 Å². The minimum atomic E-state index is -0.474. The average Bonchev–Trinajstić information content (AvgIpc) is 3.32. The average molecular weight is 405 g/mol. The van der Waals surface area contributed by atoms with Gasteiger partial charge >= 0.3 is 5.97 Å². The maximum Gasteiger partial charge on any atom is 0.316 e. The molecule has 2 N–H and O–H groups in total. The Hall–Kier alpha value is -2.32. The first kappa shape index (κ1) is 19.4. The van der Waals surface area contributed by atoms with Crippen LogP contribution in [0.2, 0.25) is 0 Å². The van der Waals surface area contributed by atoms with Gasteiger partial charge in [-0.3, -0.25) is 14.4 Å². The number of carbonyl (C=O) groups excluding carboxylic acids is 3. The van der Waals surface area contributed by atoms with Crippen LogP contribution in [0.15, 0.2) is 41.8 Å². The van der Waals surface area contributed by atoms with E-state index < -0.39 is 11.9 Å². The number of thioether (sulfide) groups is 1. The molecule has 0 atom stereocenters. The molecule has 1 aromatic heterocycles. The molecule has 0 spiro atoms. The number of thiophene rings is 1. The van der Waals surface area contributed by atoms with Crippen molar-refractivity contribution < 1.29 is 19.1 Å². The molecule has 1 saturated carbocycles. The molecule has 0 radical (unpaired) electrons. The van der Waals surface area contributed by atoms with E-state index in [0.29, 0.717) is 11.3 Å². The third kappa shape index (κ3) is 6.41. The number of rotatable bonds is 9. The zero-order valence-corrected chi connectivity index (χ0v) is 16.2. The summed E-state index contributed by atoms with van der Waals surface area (Å²) in [6, 6.07) is 11.0. The molecule has 1 fully saturated rings. The summed E-state index contributed by atoms with van der Waals surface area (Å²) in [6.45, 7) is -0.378. The van der Waals surface area contributed by atoms with Crippen molar-refractivity contribution in [3.8, 4) is 0 Å². The van der Waals surface area contributed by atoms with E-state index in [1.54, 1.807) is 35.6 Å². The van der Waals surface area contributed by atoms with Crippen LogP contribution in [-0.2, 0) is 20.1 Å². The monoisotopic (exact) mass is 404 g/mol. The van der Waals surface area contributed by atoms with Crippen molar-refractivity contribution >= 4 is 46.6 Å². The summed E-state index contributed by atoms with van der Waals surface area (Å²) < 4.78 is 5.00. The van der Waals surface area contributed by atoms with Crippen molar-refractivity contribution in [2.45, 2.75) is 24.6 Å². The SMILES string of the molecule is O=C(COC(=O)CSCc1cccs1)Nc1ccccc1C(=O)NC1CC1. The van der Waals surface area contributed by atoms with Gasteiger partial charge < -0.3 is 15.4 Å². The van der Waals surface area contributed by atoms with Crippen LogP contribution in [0.25, 0.3) is 0 Å². The zero-order valence-electron chi connectivity index (χ0n) is 14.6. The summed E-state index contributed by atoms with van der Waals surface area (Å²) in [5, 5.41) is 7.52. The van der Waals surface area contributed by atoms with E-state index in [1.807, 2.05) is 17.5 Å². The third-order valence-corrected chi connectivity index (χ3v) is 5.78. The highest BCUT2D eigenvalue weighted by molar-refractivity contribution is 7.99. The summed E-state index contributed by atoms with van der Waals surface area (Å²) in [7, 11) is 0. The fourth-order valence-corrected chi connectivity index (χ4v) is 3.95. The van der Waals surface area contributed by atoms with Crippen LogP contribution >= 0.6 is 23.1 Å². The van der Waals surface area contributed by atoms with Gasteiger partial charge in [-0.1, -0.05) is 18.2 Å². The van der Waals surface area contributed by atoms with E-state index in [4.69, 9.17) is 4.74 Å². The van der Waals surface area contributed by atoms with Gasteiger partial charge in [0.1, 0.15) is 0 Å². The molecular weight excluding hydrogens is 384 g/mol. The van der Waals surface area contributed by atoms with E-state index in [0.717, 1.165) is 18.6 Å². The number of ether oxygens (including phenoxy) is 1. The van der Waals surface area contributed by atoms with Gasteiger partial charge in [0.15, 0.2) is 6.61 Å². The Bertz CT molecular complexity index is 804. The molecule has 3 rings (SSSR count). The van der Waals surface area contributed by atoms with Crippen molar-refractivity contribution in [1.29, 1.82) is 0 Å². The van der Waals surface area contributed by atoms with Gasteiger partial charge in [-0.05, 0) is 36.4 Å². The van der Waals surface area contributed by atoms with E-state index in [-0.39, 0.29) is 24.3 Å². The lowest BCUT2D eigenvalue weighted by molar-refractivity contribution is -0.144. The summed E-state index contributed by atoms with van der Waals surface area (Å²) in [5.41, 5.74) is 0.805. The molecule has 142 valence electrons. The minimum absolute atomic E-state index is 0.186. The van der Waals surface area contributed by atoms with Crippen LogP contribution in [0.3, 0.4) is 0 Å². The van der Waals surface area contributed by atoms with Gasteiger partial charge in [-0.2, -0.15) is 0 Å². The molecule has 6 nitrogen and oxygen atoms in total. The number of nitrogens with one attached hydrogen (secondary N) is 2. The Balaban J connectivity index is 1.42. The molecule has 0 unspecified atom stereocenters. The van der Waals surface area contributed by atoms with Gasteiger partial charge in [0.05, 0.1) is 17.0 Å². The smallest absolute Gasteiger partial charge is 0.316 e. The van der Waals surface area contributed by atoms with Crippen LogP contribution in [0.4, 0.5) is 5.69 Å². The van der Waals surface area contributed by atoms with E-state index >= 15 is 0 Å². The number of hydrogen-bond donors (Lipinski definition) is 2. The van der Waals surface area contributed by atoms with Crippen LogP contribution in [0.1, 0.15) is 28.1 Å². The highest BCUT2D eigenvalue weighted by Gasteiger charge is 2.25. The first-order valence-electron chi connectivity index (χ1n) is 8.57. The zero-order chi connectivity index (χ0) is 19.1. The van der Waals surface area contributed by atoms with Crippen LogP contribution in [0, 0.1) is 0 Å². The molecule has 0 bridgehead atoms. The lowest BCUT2D eigenvalue weighted by Gasteiger charge is -2.11. The normalized spacial score (nSPS) is 13.0. The highest BCUT2D eigenvalue weighted by Crippen LogP contribution is 2.21. The van der Waals surface area contributed by atoms with E-state index in [1.165, 1.54) is 16.6 Å². The molecule has 27 heavy (non-hydrogen) atoms. The van der Waals surface area contributed by atoms with Gasteiger partial charge in [-0.15, -0.1) is 23.1 Å². The Kier molecular flexibility index (Phi) is 6.89. The molecule has 0 aliphatic heterocycles. The lowest BCUT2D eigenvalue weighted by atomic mass is 10.1. The van der Waals surface area contributed by atoms with Gasteiger partial charge in [-0.25, -0.2) is 0 Å². The Labute approximate surface area is 165 Å². The molecular formula is C19H20N2O4S2. The van der Waals surface area contributed by atoms with Crippen LogP contribution in [0.5, 0.6) is 0 Å². The standard InChI is InChI=1S/C19H20N2O4S2/c22-17(10-25-18(23)12-26-11-14-4-3-9-27-14)21-16-6-2-1-5-15(16)19(24)20-13-7-8-13/h1-6,9,13H,7-8,10-12H2,(H,20,24)(H,21,22). The minimum Gasteiger partial charge on any atom is -0.455 e. The summed E-state index contributed by atoms with van der Waals surface area (Å²) >= 11 is 3.08. The topological polar surface area (TPSA) is 84.5 Å². The lowest BCUT2D eigenvalue weighted by Crippen LogP contribution is -2.28. The second kappa shape index (κ2) is 9.57. The number of carbonyl (C=O) groups is 3. The van der Waals surface area contributed by atoms with Crippen molar-refractivity contribution in [3.05, 3.63) is 52.2 Å². The Morgan fingerprint density at radius 1 is 1.15 bits per heavy atom. The molecule has 8 heteroatoms. The predicted molar refractivity (Wildman–Crippen MR) is 107 cm³/mol. The molecule has 2 aromatic rings. The van der Waals surface area contributed by atoms with Crippen molar-refractivity contribution in [1.82, 2.24) is 5.32 Å². The highest BCUT2D eigenvalue weighted by atomic mass is 32.2. The predicted octanol–water partition coefficient (Wildman–Crippen LogP) is 3.06. The van der Waals surface area contributed by atoms with E-state index in [2.05, 4.69) is 10.6 Å². The molecule has 2 amide bonds. The number of anilines is 1. The Morgan fingerprint density at radius 3 is 2.70 bits per heavy atom. The van der Waals surface area contributed by atoms with Gasteiger partial charge in [0.2, 0.25) is 0 Å². The van der Waals surface area contributed by atoms with Crippen molar-refractivity contribution in [2.75, 3.05) is 17.7 Å². The van der Waals surface area contributed by atoms with Crippen molar-refractivity contribution in [3.63, 3.8) is 0 Å². The first-order valence-corrected chi connectivity index (χ1v) is 10.6. The maximum absolute atomic E-state index is 12.2. The first-order chi connectivity index (χ1) is 13.1. The van der Waals surface area contributed by atoms with Crippen molar-refractivity contribution in [2.24, 2.45) is 0 Å². The van der Waals surface area contributed by atoms with Gasteiger partial charge in [0, 0.05) is 16.7 Å². The molecule has 0 saturated heterocycles. The number of benzene rings is 1. The fourth-order valence-electron chi connectivity index (χ4n) is 2.28. The largest absolute Gasteiger partial charge is 0.455 e. The molecule has 1 heterocycles. The van der Waals surface area contributed by atoms with Crippen LogP contribution in [-0.4, -0.2) is 36.2 Å². The Morgan fingerprint density at radius 2 is 1.96 bits per heavy atom. The quantitative estimate of drug-likeness (QED) is 0.628. The summed E-state index contributed by atoms with van der Waals surface area (Å²) in [6.07, 6.45) is 1.97. The number of hydrogen-bond acceptors (Lipinski definition) is 6. The number of amides is 2. The van der Waals surface area contributed by atoms with Crippen LogP contribution < -0.4 is 10.6 Å². The second-order valence-electron chi connectivity index (χ2n) is 6.07. The summed E-state index contributed by atoms with van der Waals surface area (Å²) in [4.78, 5) is 37.2. The summed E-state index contributed by atoms with van der Waals surface area (Å²) in [5.74, 6) is -0.200. The second-order valence-corrected chi connectivity index (χ2v) is 8.09. The molecule has 1 aliphatic rings. The maximum atomic E-state index is 12.2. The molecule has 1 aliphatic carbocycles. The fraction of sp³-hybridized carbons (Fsp3) is 0.316. The third-order valence-electron chi connectivity index (χ3n) is 3.77. The van der Waals surface area contributed by atoms with E-state index in [9.17, 15) is 14.4 Å². The number of para-hydroxylation sites is 1.